The van der Waals surface area contributed by atoms with E-state index in [1.165, 1.54) is 12.1 Å². The maximum atomic E-state index is 13.0. The molecule has 1 aromatic carbocycles. The van der Waals surface area contributed by atoms with Crippen LogP contribution >= 0.6 is 11.3 Å². The molecule has 2 rings (SSSR count). The summed E-state index contributed by atoms with van der Waals surface area (Å²) in [4.78, 5) is 12.1. The molecule has 1 aromatic heterocycles. The Bertz CT molecular complexity index is 580. The molecule has 0 saturated heterocycles. The average Bonchev–Trinajstić information content (AvgIpc) is 2.73. The Morgan fingerprint density at radius 3 is 2.83 bits per heavy atom. The zero-order valence-corrected chi connectivity index (χ0v) is 10.6. The van der Waals surface area contributed by atoms with Crippen LogP contribution in [-0.4, -0.2) is 11.1 Å². The fraction of sp³-hybridized carbons (Fsp3) is 0.154. The molecule has 0 atom stereocenters. The first kappa shape index (κ1) is 12.6. The van der Waals surface area contributed by atoms with E-state index < -0.39 is 11.8 Å². The molecule has 0 bridgehead atoms. The van der Waals surface area contributed by atoms with Gasteiger partial charge in [0.25, 0.3) is 0 Å². The van der Waals surface area contributed by atoms with Gasteiger partial charge in [-0.05, 0) is 42.1 Å². The van der Waals surface area contributed by atoms with E-state index in [0.717, 1.165) is 16.5 Å². The van der Waals surface area contributed by atoms with Gasteiger partial charge in [-0.25, -0.2) is 9.18 Å². The second kappa shape index (κ2) is 5.18. The highest BCUT2D eigenvalue weighted by molar-refractivity contribution is 7.10. The Labute approximate surface area is 108 Å². The predicted molar refractivity (Wildman–Crippen MR) is 69.7 cm³/mol. The smallest absolute Gasteiger partial charge is 0.337 e. The lowest BCUT2D eigenvalue weighted by atomic mass is 10.1. The van der Waals surface area contributed by atoms with E-state index in [-0.39, 0.29) is 5.56 Å². The Morgan fingerprint density at radius 2 is 2.22 bits per heavy atom. The normalized spacial score (nSPS) is 10.3. The molecule has 3 nitrogen and oxygen atoms in total. The molecule has 0 amide bonds. The van der Waals surface area contributed by atoms with Crippen molar-refractivity contribution in [2.45, 2.75) is 13.5 Å². The van der Waals surface area contributed by atoms with Gasteiger partial charge in [0.2, 0.25) is 0 Å². The van der Waals surface area contributed by atoms with Crippen molar-refractivity contribution in [3.63, 3.8) is 0 Å². The van der Waals surface area contributed by atoms with Crippen molar-refractivity contribution in [1.82, 2.24) is 0 Å². The fourth-order valence-corrected chi connectivity index (χ4v) is 2.45. The lowest BCUT2D eigenvalue weighted by Gasteiger charge is -2.09. The number of anilines is 1. The summed E-state index contributed by atoms with van der Waals surface area (Å²) in [7, 11) is 0. The largest absolute Gasteiger partial charge is 0.478 e. The van der Waals surface area contributed by atoms with Crippen molar-refractivity contribution in [1.29, 1.82) is 0 Å². The summed E-state index contributed by atoms with van der Waals surface area (Å²) in [6.07, 6.45) is 0. The van der Waals surface area contributed by atoms with Crippen LogP contribution in [0.4, 0.5) is 10.1 Å². The Balaban J connectivity index is 2.19. The second-order valence-electron chi connectivity index (χ2n) is 3.88. The third-order valence-corrected chi connectivity index (χ3v) is 3.64. The van der Waals surface area contributed by atoms with Crippen LogP contribution in [0.3, 0.4) is 0 Å². The quantitative estimate of drug-likeness (QED) is 0.889. The van der Waals surface area contributed by atoms with Gasteiger partial charge < -0.3 is 10.4 Å². The molecule has 1 heterocycles. The lowest BCUT2D eigenvalue weighted by molar-refractivity contribution is 0.0697. The molecule has 0 saturated carbocycles. The van der Waals surface area contributed by atoms with Crippen LogP contribution in [0.15, 0.2) is 29.6 Å². The molecule has 0 spiro atoms. The Hall–Kier alpha value is -1.88. The molecule has 2 aromatic rings. The first-order valence-corrected chi connectivity index (χ1v) is 6.25. The first-order chi connectivity index (χ1) is 8.58. The maximum Gasteiger partial charge on any atom is 0.337 e. The van der Waals surface area contributed by atoms with Crippen molar-refractivity contribution in [2.75, 3.05) is 5.32 Å². The van der Waals surface area contributed by atoms with Crippen LogP contribution in [-0.2, 0) is 6.54 Å². The van der Waals surface area contributed by atoms with E-state index in [4.69, 9.17) is 5.11 Å². The lowest BCUT2D eigenvalue weighted by Crippen LogP contribution is -2.06. The number of aromatic carboxylic acids is 1. The van der Waals surface area contributed by atoms with Gasteiger partial charge in [-0.2, -0.15) is 0 Å². The molecular weight excluding hydrogens is 253 g/mol. The second-order valence-corrected chi connectivity index (χ2v) is 4.88. The molecule has 0 fully saturated rings. The van der Waals surface area contributed by atoms with Gasteiger partial charge in [0.05, 0.1) is 5.56 Å². The zero-order valence-electron chi connectivity index (χ0n) is 9.74. The number of benzene rings is 1. The summed E-state index contributed by atoms with van der Waals surface area (Å²) >= 11 is 1.60. The number of hydrogen-bond acceptors (Lipinski definition) is 3. The molecule has 0 radical (unpaired) electrons. The van der Waals surface area contributed by atoms with E-state index in [1.54, 1.807) is 11.3 Å². The molecule has 94 valence electrons. The highest BCUT2D eigenvalue weighted by Crippen LogP contribution is 2.21. The van der Waals surface area contributed by atoms with E-state index in [9.17, 15) is 9.18 Å². The van der Waals surface area contributed by atoms with Crippen molar-refractivity contribution in [2.24, 2.45) is 0 Å². The predicted octanol–water partition coefficient (Wildman–Crippen LogP) is 3.51. The molecule has 0 unspecified atom stereocenters. The third-order valence-electron chi connectivity index (χ3n) is 2.62. The number of nitrogens with one attached hydrogen (secondary N) is 1. The molecule has 18 heavy (non-hydrogen) atoms. The van der Waals surface area contributed by atoms with Gasteiger partial charge in [0.1, 0.15) is 5.82 Å². The van der Waals surface area contributed by atoms with E-state index in [1.807, 2.05) is 18.4 Å². The van der Waals surface area contributed by atoms with Crippen LogP contribution < -0.4 is 5.32 Å². The summed E-state index contributed by atoms with van der Waals surface area (Å²) in [5.41, 5.74) is 1.53. The number of carboxylic acid groups (broad SMARTS) is 1. The summed E-state index contributed by atoms with van der Waals surface area (Å²) in [5.74, 6) is -1.69. The van der Waals surface area contributed by atoms with Gasteiger partial charge in [-0.3, -0.25) is 0 Å². The van der Waals surface area contributed by atoms with E-state index in [2.05, 4.69) is 5.32 Å². The van der Waals surface area contributed by atoms with Gasteiger partial charge in [-0.1, -0.05) is 0 Å². The van der Waals surface area contributed by atoms with Gasteiger partial charge >= 0.3 is 5.97 Å². The van der Waals surface area contributed by atoms with Crippen LogP contribution in [0.1, 0.15) is 20.8 Å². The monoisotopic (exact) mass is 265 g/mol. The van der Waals surface area contributed by atoms with Crippen molar-refractivity contribution >= 4 is 23.0 Å². The topological polar surface area (TPSA) is 49.3 Å². The summed E-state index contributed by atoms with van der Waals surface area (Å²) < 4.78 is 13.0. The molecule has 0 aliphatic rings. The van der Waals surface area contributed by atoms with Crippen molar-refractivity contribution in [3.8, 4) is 0 Å². The number of halogens is 1. The number of aryl methyl sites for hydroxylation is 1. The van der Waals surface area contributed by atoms with Crippen LogP contribution in [0.25, 0.3) is 0 Å². The van der Waals surface area contributed by atoms with E-state index >= 15 is 0 Å². The molecule has 0 aliphatic carbocycles. The molecule has 2 N–H and O–H groups in total. The van der Waals surface area contributed by atoms with Gasteiger partial charge in [0, 0.05) is 17.1 Å². The van der Waals surface area contributed by atoms with Crippen LogP contribution in [0.2, 0.25) is 0 Å². The summed E-state index contributed by atoms with van der Waals surface area (Å²) in [6.45, 7) is 2.53. The van der Waals surface area contributed by atoms with Gasteiger partial charge in [-0.15, -0.1) is 11.3 Å². The molecular formula is C13H12FNO2S. The minimum atomic E-state index is -1.14. The maximum absolute atomic E-state index is 13.0. The number of carboxylic acids is 1. The molecule has 0 aliphatic heterocycles. The standard InChI is InChI=1S/C13H12FNO2S/c1-8-4-5-18-12(8)7-15-11-3-2-9(14)6-10(11)13(16)17/h2-6,15H,7H2,1H3,(H,16,17). The minimum Gasteiger partial charge on any atom is -0.478 e. The van der Waals surface area contributed by atoms with E-state index in [0.29, 0.717) is 12.2 Å². The van der Waals surface area contributed by atoms with Crippen molar-refractivity contribution in [3.05, 3.63) is 51.5 Å². The number of carbonyl (C=O) groups is 1. The number of rotatable bonds is 4. The Kier molecular flexibility index (Phi) is 3.62. The summed E-state index contributed by atoms with van der Waals surface area (Å²) in [5, 5.41) is 14.0. The fourth-order valence-electron chi connectivity index (χ4n) is 1.61. The molecule has 5 heteroatoms. The van der Waals surface area contributed by atoms with Gasteiger partial charge in [0.15, 0.2) is 0 Å². The highest BCUT2D eigenvalue weighted by atomic mass is 32.1. The number of hydrogen-bond donors (Lipinski definition) is 2. The zero-order chi connectivity index (χ0) is 13.1. The van der Waals surface area contributed by atoms with Crippen molar-refractivity contribution < 1.29 is 14.3 Å². The van der Waals surface area contributed by atoms with Crippen LogP contribution in [0, 0.1) is 12.7 Å². The average molecular weight is 265 g/mol. The van der Waals surface area contributed by atoms with Crippen LogP contribution in [0.5, 0.6) is 0 Å². The first-order valence-electron chi connectivity index (χ1n) is 5.37. The highest BCUT2D eigenvalue weighted by Gasteiger charge is 2.11. The third kappa shape index (κ3) is 2.68. The minimum absolute atomic E-state index is 0.0517. The SMILES string of the molecule is Cc1ccsc1CNc1ccc(F)cc1C(=O)O. The number of thiophene rings is 1. The summed E-state index contributed by atoms with van der Waals surface area (Å²) in [6, 6.07) is 5.72. The Morgan fingerprint density at radius 1 is 1.44 bits per heavy atom.